The molecule has 1 aromatic heterocycles. The van der Waals surface area contributed by atoms with Gasteiger partial charge in [0.15, 0.2) is 0 Å². The average Bonchev–Trinajstić information content (AvgIpc) is 3.18. The lowest BCUT2D eigenvalue weighted by Crippen LogP contribution is -2.28. The molecule has 6 heteroatoms. The maximum absolute atomic E-state index is 12.7. The van der Waals surface area contributed by atoms with Gasteiger partial charge in [0.1, 0.15) is 5.75 Å². The van der Waals surface area contributed by atoms with E-state index >= 15 is 0 Å². The van der Waals surface area contributed by atoms with Crippen LogP contribution in [0, 0.1) is 0 Å². The number of hydrogen-bond donors (Lipinski definition) is 4. The molecule has 176 valence electrons. The minimum atomic E-state index is -0.311. The molecule has 0 saturated carbocycles. The Morgan fingerprint density at radius 3 is 2.38 bits per heavy atom. The number of nitrogens with one attached hydrogen (secondary N) is 3. The number of aryl methyl sites for hydroxylation is 1. The molecular weight excluding hydrogens is 426 g/mol. The smallest absolute Gasteiger partial charge is 0.323 e. The summed E-state index contributed by atoms with van der Waals surface area (Å²) < 4.78 is 0. The first kappa shape index (κ1) is 23.4. The summed E-state index contributed by atoms with van der Waals surface area (Å²) in [5, 5.41) is 13.0. The van der Waals surface area contributed by atoms with Crippen molar-refractivity contribution in [1.82, 2.24) is 15.3 Å². The van der Waals surface area contributed by atoms with Gasteiger partial charge in [0.2, 0.25) is 0 Å². The highest BCUT2D eigenvalue weighted by Gasteiger charge is 2.18. The molecule has 4 N–H and O–H groups in total. The second-order valence-electron chi connectivity index (χ2n) is 9.79. The molecule has 0 saturated heterocycles. The first-order valence-electron chi connectivity index (χ1n) is 11.6. The molecule has 4 rings (SSSR count). The zero-order valence-electron chi connectivity index (χ0n) is 19.8. The number of imidazole rings is 1. The van der Waals surface area contributed by atoms with E-state index in [1.807, 2.05) is 18.2 Å². The van der Waals surface area contributed by atoms with Crippen LogP contribution in [0.3, 0.4) is 0 Å². The predicted molar refractivity (Wildman–Crippen MR) is 136 cm³/mol. The molecule has 1 amide bonds. The number of fused-ring (bicyclic) bond motifs is 1. The molecular formula is C28H31N3O3. The number of rotatable bonds is 7. The number of amides is 1. The Bertz CT molecular complexity index is 1340. The summed E-state index contributed by atoms with van der Waals surface area (Å²) in [6.07, 6.45) is 1.67. The number of para-hydroxylation sites is 1. The van der Waals surface area contributed by atoms with Crippen LogP contribution >= 0.6 is 0 Å². The van der Waals surface area contributed by atoms with Crippen LogP contribution in [0.5, 0.6) is 5.75 Å². The van der Waals surface area contributed by atoms with Gasteiger partial charge in [-0.15, -0.1) is 0 Å². The van der Waals surface area contributed by atoms with Crippen molar-refractivity contribution >= 4 is 16.9 Å². The van der Waals surface area contributed by atoms with Crippen molar-refractivity contribution < 1.29 is 9.90 Å². The molecule has 3 aromatic carbocycles. The van der Waals surface area contributed by atoms with Gasteiger partial charge in [0.05, 0.1) is 16.6 Å². The summed E-state index contributed by atoms with van der Waals surface area (Å²) in [6, 6.07) is 21.1. The number of aromatic nitrogens is 2. The molecule has 0 aliphatic heterocycles. The van der Waals surface area contributed by atoms with Gasteiger partial charge in [-0.1, -0.05) is 63.2 Å². The summed E-state index contributed by atoms with van der Waals surface area (Å²) in [5.74, 6) is -0.324. The average molecular weight is 458 g/mol. The molecule has 6 nitrogen and oxygen atoms in total. The molecule has 34 heavy (non-hydrogen) atoms. The van der Waals surface area contributed by atoms with Crippen molar-refractivity contribution in [2.75, 3.05) is 6.54 Å². The van der Waals surface area contributed by atoms with Crippen LogP contribution in [0.4, 0.5) is 0 Å². The summed E-state index contributed by atoms with van der Waals surface area (Å²) in [6.45, 7) is 7.01. The van der Waals surface area contributed by atoms with Crippen LogP contribution in [0.25, 0.3) is 11.0 Å². The number of carbonyl (C=O) groups excluding carboxylic acids is 1. The molecule has 0 aliphatic rings. The Balaban J connectivity index is 1.53. The lowest BCUT2D eigenvalue weighted by atomic mass is 9.86. The second-order valence-corrected chi connectivity index (χ2v) is 9.79. The number of hydrogen-bond acceptors (Lipinski definition) is 3. The van der Waals surface area contributed by atoms with E-state index in [-0.39, 0.29) is 34.2 Å². The highest BCUT2D eigenvalue weighted by atomic mass is 16.3. The molecule has 0 spiro atoms. The number of phenolic OH excluding ortho intramolecular Hbond substituents is 1. The molecule has 0 radical (unpaired) electrons. The van der Waals surface area contributed by atoms with Crippen LogP contribution in [-0.4, -0.2) is 27.5 Å². The molecule has 0 fully saturated rings. The molecule has 1 heterocycles. The third-order valence-corrected chi connectivity index (χ3v) is 6.27. The third kappa shape index (κ3) is 5.39. The van der Waals surface area contributed by atoms with Crippen molar-refractivity contribution in [2.45, 2.75) is 44.9 Å². The quantitative estimate of drug-likeness (QED) is 0.314. The van der Waals surface area contributed by atoms with Crippen LogP contribution < -0.4 is 11.0 Å². The molecule has 0 aliphatic carbocycles. The maximum Gasteiger partial charge on any atom is 0.323 e. The number of benzene rings is 3. The Hall–Kier alpha value is -3.80. The molecule has 1 unspecified atom stereocenters. The fourth-order valence-electron chi connectivity index (χ4n) is 4.18. The van der Waals surface area contributed by atoms with Gasteiger partial charge in [-0.2, -0.15) is 0 Å². The lowest BCUT2D eigenvalue weighted by Gasteiger charge is -2.20. The minimum absolute atomic E-state index is 0.0277. The van der Waals surface area contributed by atoms with Crippen LogP contribution in [0.1, 0.15) is 60.2 Å². The van der Waals surface area contributed by atoms with Gasteiger partial charge in [0, 0.05) is 12.5 Å². The van der Waals surface area contributed by atoms with Crippen molar-refractivity contribution in [2.24, 2.45) is 0 Å². The van der Waals surface area contributed by atoms with E-state index in [9.17, 15) is 14.7 Å². The topological polar surface area (TPSA) is 98.0 Å². The van der Waals surface area contributed by atoms with E-state index < -0.39 is 0 Å². The normalized spacial score (nSPS) is 12.6. The Morgan fingerprint density at radius 1 is 0.971 bits per heavy atom. The number of aromatic hydroxyl groups is 1. The largest absolute Gasteiger partial charge is 0.507 e. The molecule has 0 bridgehead atoms. The van der Waals surface area contributed by atoms with Crippen molar-refractivity contribution in [1.29, 1.82) is 0 Å². The second kappa shape index (κ2) is 9.59. The van der Waals surface area contributed by atoms with Crippen LogP contribution in [0.2, 0.25) is 0 Å². The summed E-state index contributed by atoms with van der Waals surface area (Å²) in [7, 11) is 0. The van der Waals surface area contributed by atoms with Gasteiger partial charge in [-0.25, -0.2) is 4.79 Å². The zero-order chi connectivity index (χ0) is 24.3. The first-order valence-corrected chi connectivity index (χ1v) is 11.6. The Labute approximate surface area is 199 Å². The minimum Gasteiger partial charge on any atom is -0.507 e. The Morgan fingerprint density at radius 2 is 1.68 bits per heavy atom. The monoisotopic (exact) mass is 457 g/mol. The van der Waals surface area contributed by atoms with Gasteiger partial charge < -0.3 is 20.4 Å². The molecule has 1 atom stereocenters. The van der Waals surface area contributed by atoms with Crippen LogP contribution in [0.15, 0.2) is 71.5 Å². The van der Waals surface area contributed by atoms with Gasteiger partial charge in [0.25, 0.3) is 5.91 Å². The fraction of sp³-hybridized carbons (Fsp3) is 0.286. The number of H-pyrrole nitrogens is 2. The molecule has 4 aromatic rings. The number of phenols is 1. The summed E-state index contributed by atoms with van der Waals surface area (Å²) >= 11 is 0. The highest BCUT2D eigenvalue weighted by Crippen LogP contribution is 2.26. The van der Waals surface area contributed by atoms with Gasteiger partial charge in [-0.3, -0.25) is 4.79 Å². The first-order chi connectivity index (χ1) is 16.2. The van der Waals surface area contributed by atoms with Crippen LogP contribution in [-0.2, 0) is 11.8 Å². The van der Waals surface area contributed by atoms with E-state index in [1.54, 1.807) is 18.2 Å². The summed E-state index contributed by atoms with van der Waals surface area (Å²) in [5.41, 5.74) is 5.19. The predicted octanol–water partition coefficient (Wildman–Crippen LogP) is 5.01. The van der Waals surface area contributed by atoms with Crippen molar-refractivity contribution in [3.63, 3.8) is 0 Å². The Kier molecular flexibility index (Phi) is 6.59. The standard InChI is InChI=1S/C28H31N3O3/c1-28(2,3)21-13-9-18(10-14-21)8-11-20(17-29-26(33)22-6-4-5-7-25(22)32)19-12-15-23-24(16-19)31-27(34)30-23/h4-7,9-10,12-16,20,32H,8,11,17H2,1-3H3,(H,29,33)(H2,30,31,34). The van der Waals surface area contributed by atoms with E-state index in [4.69, 9.17) is 0 Å². The number of aromatic amines is 2. The van der Waals surface area contributed by atoms with E-state index in [1.165, 1.54) is 17.2 Å². The van der Waals surface area contributed by atoms with Crippen molar-refractivity contribution in [3.8, 4) is 5.75 Å². The SMILES string of the molecule is CC(C)(C)c1ccc(CCC(CNC(=O)c2ccccc2O)c2ccc3[nH]c(=O)[nH]c3c2)cc1. The van der Waals surface area contributed by atoms with Crippen molar-refractivity contribution in [3.05, 3.63) is 99.5 Å². The lowest BCUT2D eigenvalue weighted by molar-refractivity contribution is 0.0948. The van der Waals surface area contributed by atoms with Gasteiger partial charge >= 0.3 is 5.69 Å². The zero-order valence-corrected chi connectivity index (χ0v) is 19.8. The summed E-state index contributed by atoms with van der Waals surface area (Å²) in [4.78, 5) is 30.0. The third-order valence-electron chi connectivity index (χ3n) is 6.27. The van der Waals surface area contributed by atoms with E-state index in [0.717, 1.165) is 29.4 Å². The van der Waals surface area contributed by atoms with E-state index in [0.29, 0.717) is 6.54 Å². The van der Waals surface area contributed by atoms with E-state index in [2.05, 4.69) is 60.3 Å². The highest BCUT2D eigenvalue weighted by molar-refractivity contribution is 5.96. The fourth-order valence-corrected chi connectivity index (χ4v) is 4.18. The number of carbonyl (C=O) groups is 1. The van der Waals surface area contributed by atoms with Gasteiger partial charge in [-0.05, 0) is 59.2 Å². The maximum atomic E-state index is 12.7.